The Labute approximate surface area is 148 Å². The van der Waals surface area contributed by atoms with Crippen molar-refractivity contribution in [3.63, 3.8) is 0 Å². The second kappa shape index (κ2) is 7.18. The van der Waals surface area contributed by atoms with Crippen LogP contribution in [-0.2, 0) is 9.53 Å². The van der Waals surface area contributed by atoms with Crippen LogP contribution in [-0.4, -0.2) is 29.6 Å². The number of carbonyl (C=O) groups excluding carboxylic acids is 3. The molecule has 0 aliphatic heterocycles. The Morgan fingerprint density at radius 2 is 1.88 bits per heavy atom. The number of hydrogen-bond acceptors (Lipinski definition) is 5. The highest BCUT2D eigenvalue weighted by Crippen LogP contribution is 2.27. The van der Waals surface area contributed by atoms with Gasteiger partial charge in [0.15, 0.2) is 6.10 Å². The maximum absolute atomic E-state index is 13.2. The Morgan fingerprint density at radius 1 is 1.20 bits per heavy atom. The average molecular weight is 366 g/mol. The number of halogens is 1. The van der Waals surface area contributed by atoms with Crippen molar-refractivity contribution in [1.29, 1.82) is 0 Å². The second-order valence-electron chi connectivity index (χ2n) is 6.53. The van der Waals surface area contributed by atoms with E-state index in [1.165, 1.54) is 25.1 Å². The number of esters is 1. The first-order chi connectivity index (χ1) is 11.5. The van der Waals surface area contributed by atoms with Gasteiger partial charge in [0.05, 0.1) is 0 Å². The Balaban J connectivity index is 1.98. The summed E-state index contributed by atoms with van der Waals surface area (Å²) >= 11 is 1.14. The van der Waals surface area contributed by atoms with E-state index in [-0.39, 0.29) is 4.88 Å². The molecule has 0 spiro atoms. The highest BCUT2D eigenvalue weighted by atomic mass is 32.1. The van der Waals surface area contributed by atoms with Crippen LogP contribution in [0.2, 0.25) is 0 Å². The van der Waals surface area contributed by atoms with Crippen LogP contribution in [0, 0.1) is 5.82 Å². The molecule has 2 N–H and O–H groups in total. The molecule has 0 saturated heterocycles. The van der Waals surface area contributed by atoms with Gasteiger partial charge in [0.25, 0.3) is 5.91 Å². The highest BCUT2D eigenvalue weighted by molar-refractivity contribution is 7.20. The molecule has 1 aromatic heterocycles. The summed E-state index contributed by atoms with van der Waals surface area (Å²) in [5, 5.41) is 5.26. The lowest BCUT2D eigenvalue weighted by Gasteiger charge is -2.21. The van der Waals surface area contributed by atoms with Crippen molar-refractivity contribution >= 4 is 39.3 Å². The Morgan fingerprint density at radius 3 is 2.52 bits per heavy atom. The minimum atomic E-state index is -1.15. The number of benzene rings is 1. The van der Waals surface area contributed by atoms with Crippen LogP contribution in [0.1, 0.15) is 37.4 Å². The number of carbonyl (C=O) groups is 3. The Kier molecular flexibility index (Phi) is 5.42. The SMILES string of the molecule is C[C@@H](OC(=O)c1cc2cc(F)ccc2s1)C(=O)NC(=O)NC(C)(C)C. The summed E-state index contributed by atoms with van der Waals surface area (Å²) in [7, 11) is 0. The Hall–Kier alpha value is -2.48. The van der Waals surface area contributed by atoms with Crippen molar-refractivity contribution in [1.82, 2.24) is 10.6 Å². The number of rotatable bonds is 3. The Bertz CT molecular complexity index is 826. The zero-order valence-corrected chi connectivity index (χ0v) is 15.1. The molecule has 0 aliphatic rings. The van der Waals surface area contributed by atoms with Crippen LogP contribution in [0.5, 0.6) is 0 Å². The fourth-order valence-electron chi connectivity index (χ4n) is 1.97. The predicted molar refractivity (Wildman–Crippen MR) is 93.1 cm³/mol. The van der Waals surface area contributed by atoms with E-state index in [9.17, 15) is 18.8 Å². The molecule has 0 unspecified atom stereocenters. The first kappa shape index (κ1) is 18.9. The van der Waals surface area contributed by atoms with E-state index in [1.54, 1.807) is 26.8 Å². The van der Waals surface area contributed by atoms with E-state index in [0.29, 0.717) is 5.39 Å². The summed E-state index contributed by atoms with van der Waals surface area (Å²) in [6.45, 7) is 6.67. The van der Waals surface area contributed by atoms with E-state index < -0.39 is 35.4 Å². The molecule has 0 fully saturated rings. The molecule has 2 rings (SSSR count). The minimum Gasteiger partial charge on any atom is -0.448 e. The number of urea groups is 1. The number of thiophene rings is 1. The zero-order chi connectivity index (χ0) is 18.8. The van der Waals surface area contributed by atoms with Crippen LogP contribution in [0.3, 0.4) is 0 Å². The van der Waals surface area contributed by atoms with Crippen LogP contribution in [0.25, 0.3) is 10.1 Å². The third-order valence-electron chi connectivity index (χ3n) is 3.06. The number of fused-ring (bicyclic) bond motifs is 1. The molecule has 1 aromatic carbocycles. The maximum Gasteiger partial charge on any atom is 0.349 e. The molecule has 8 heteroatoms. The molecule has 0 radical (unpaired) electrons. The van der Waals surface area contributed by atoms with Crippen molar-refractivity contribution < 1.29 is 23.5 Å². The molecule has 25 heavy (non-hydrogen) atoms. The predicted octanol–water partition coefficient (Wildman–Crippen LogP) is 3.21. The summed E-state index contributed by atoms with van der Waals surface area (Å²) in [6.07, 6.45) is -1.15. The average Bonchev–Trinajstić information content (AvgIpc) is 2.87. The van der Waals surface area contributed by atoms with Crippen LogP contribution in [0.15, 0.2) is 24.3 Å². The standard InChI is InChI=1S/C17H19FN2O4S/c1-9(14(21)19-16(23)20-17(2,3)4)24-15(22)13-8-10-7-11(18)5-6-12(10)25-13/h5-9H,1-4H3,(H2,19,20,21,23)/t9-/m1/s1. The van der Waals surface area contributed by atoms with E-state index in [0.717, 1.165) is 16.0 Å². The highest BCUT2D eigenvalue weighted by Gasteiger charge is 2.23. The van der Waals surface area contributed by atoms with E-state index in [2.05, 4.69) is 10.6 Å². The third kappa shape index (κ3) is 5.25. The first-order valence-electron chi connectivity index (χ1n) is 7.58. The number of hydrogen-bond donors (Lipinski definition) is 2. The molecule has 6 nitrogen and oxygen atoms in total. The van der Waals surface area contributed by atoms with Gasteiger partial charge in [0, 0.05) is 10.2 Å². The second-order valence-corrected chi connectivity index (χ2v) is 7.62. The van der Waals surface area contributed by atoms with Crippen molar-refractivity contribution in [2.24, 2.45) is 0 Å². The van der Waals surface area contributed by atoms with Crippen LogP contribution >= 0.6 is 11.3 Å². The third-order valence-corrected chi connectivity index (χ3v) is 4.15. The largest absolute Gasteiger partial charge is 0.448 e. The quantitative estimate of drug-likeness (QED) is 0.817. The van der Waals surface area contributed by atoms with Gasteiger partial charge in [-0.3, -0.25) is 10.1 Å². The van der Waals surface area contributed by atoms with Crippen molar-refractivity contribution in [3.05, 3.63) is 35.0 Å². The van der Waals surface area contributed by atoms with Gasteiger partial charge < -0.3 is 10.1 Å². The first-order valence-corrected chi connectivity index (χ1v) is 8.40. The van der Waals surface area contributed by atoms with Crippen molar-refractivity contribution in [2.75, 3.05) is 0 Å². The molecule has 134 valence electrons. The van der Waals surface area contributed by atoms with Crippen molar-refractivity contribution in [3.8, 4) is 0 Å². The van der Waals surface area contributed by atoms with E-state index >= 15 is 0 Å². The topological polar surface area (TPSA) is 84.5 Å². The van der Waals surface area contributed by atoms with Gasteiger partial charge in [-0.05, 0) is 57.3 Å². The number of ether oxygens (including phenoxy) is 1. The fourth-order valence-corrected chi connectivity index (χ4v) is 2.90. The van der Waals surface area contributed by atoms with E-state index in [4.69, 9.17) is 4.74 Å². The summed E-state index contributed by atoms with van der Waals surface area (Å²) < 4.78 is 19.0. The molecule has 2 aromatic rings. The summed E-state index contributed by atoms with van der Waals surface area (Å²) in [5.41, 5.74) is -0.503. The lowest BCUT2D eigenvalue weighted by Crippen LogP contribution is -2.50. The zero-order valence-electron chi connectivity index (χ0n) is 14.3. The molecule has 3 amide bonds. The van der Waals surface area contributed by atoms with Gasteiger partial charge in [0.1, 0.15) is 10.7 Å². The molecule has 0 bridgehead atoms. The summed E-state index contributed by atoms with van der Waals surface area (Å²) in [6, 6.07) is 5.02. The van der Waals surface area contributed by atoms with Gasteiger partial charge >= 0.3 is 12.0 Å². The summed E-state index contributed by atoms with van der Waals surface area (Å²) in [4.78, 5) is 36.0. The fraction of sp³-hybridized carbons (Fsp3) is 0.353. The van der Waals surface area contributed by atoms with Crippen molar-refractivity contribution in [2.45, 2.75) is 39.3 Å². The smallest absolute Gasteiger partial charge is 0.349 e. The number of imide groups is 1. The lowest BCUT2D eigenvalue weighted by atomic mass is 10.1. The molecular weight excluding hydrogens is 347 g/mol. The minimum absolute atomic E-state index is 0.249. The normalized spacial score (nSPS) is 12.5. The molecule has 1 atom stereocenters. The summed E-state index contributed by atoms with van der Waals surface area (Å²) in [5.74, 6) is -1.84. The molecule has 0 saturated carbocycles. The molecule has 0 aliphatic carbocycles. The lowest BCUT2D eigenvalue weighted by molar-refractivity contribution is -0.127. The van der Waals surface area contributed by atoms with Crippen LogP contribution in [0.4, 0.5) is 9.18 Å². The monoisotopic (exact) mass is 366 g/mol. The van der Waals surface area contributed by atoms with Gasteiger partial charge in [0.2, 0.25) is 0 Å². The molecular formula is C17H19FN2O4S. The van der Waals surface area contributed by atoms with E-state index in [1.807, 2.05) is 0 Å². The van der Waals surface area contributed by atoms with Gasteiger partial charge in [-0.15, -0.1) is 11.3 Å². The molecule has 1 heterocycles. The van der Waals surface area contributed by atoms with Crippen LogP contribution < -0.4 is 10.6 Å². The van der Waals surface area contributed by atoms with Gasteiger partial charge in [-0.2, -0.15) is 0 Å². The van der Waals surface area contributed by atoms with Gasteiger partial charge in [-0.25, -0.2) is 14.0 Å². The maximum atomic E-state index is 13.2. The number of amides is 3. The van der Waals surface area contributed by atoms with Gasteiger partial charge in [-0.1, -0.05) is 0 Å². The number of nitrogens with one attached hydrogen (secondary N) is 2.